The van der Waals surface area contributed by atoms with Crippen molar-refractivity contribution in [2.24, 2.45) is 0 Å². The fraction of sp³-hybridized carbons (Fsp3) is 0. The molecule has 0 aromatic heterocycles. The maximum atomic E-state index is 12.7. The number of aromatic carboxylic acids is 4. The van der Waals surface area contributed by atoms with Crippen LogP contribution in [0.5, 0.6) is 0 Å². The van der Waals surface area contributed by atoms with Gasteiger partial charge < -0.3 is 28.8 Å². The van der Waals surface area contributed by atoms with Gasteiger partial charge in [-0.1, -0.05) is 0 Å². The zero-order chi connectivity index (χ0) is 34.9. The Balaban J connectivity index is 2.01. The Bertz CT molecular complexity index is 2130. The molecule has 0 atom stereocenters. The Kier molecular flexibility index (Phi) is 9.34. The van der Waals surface area contributed by atoms with Crippen LogP contribution in [0.4, 0.5) is 0 Å². The number of carboxylic acids is 4. The van der Waals surface area contributed by atoms with Gasteiger partial charge in [0.15, 0.2) is 0 Å². The van der Waals surface area contributed by atoms with E-state index >= 15 is 0 Å². The number of carboxylic acid groups (broad SMARTS) is 4. The quantitative estimate of drug-likeness (QED) is 0.136. The van der Waals surface area contributed by atoms with Crippen LogP contribution in [0.3, 0.4) is 0 Å². The van der Waals surface area contributed by atoms with Crippen molar-refractivity contribution in [1.29, 1.82) is 0 Å². The number of carbonyl (C=O) groups excluding carboxylic acids is 2. The number of hydrogen-bond donors (Lipinski definition) is 5. The summed E-state index contributed by atoms with van der Waals surface area (Å²) in [6, 6.07) is 3.88. The first-order chi connectivity index (χ1) is 21.0. The lowest BCUT2D eigenvalue weighted by Gasteiger charge is -2.11. The first-order valence-electron chi connectivity index (χ1n) is 11.4. The molecule has 0 bridgehead atoms. The first kappa shape index (κ1) is 34.8. The topological polar surface area (TPSA) is 324 Å². The third kappa shape index (κ3) is 7.68. The van der Waals surface area contributed by atoms with E-state index in [4.69, 9.17) is 20.4 Å². The van der Waals surface area contributed by atoms with Crippen molar-refractivity contribution < 1.29 is 87.4 Å². The maximum Gasteiger partial charge on any atom is 0.355 e. The van der Waals surface area contributed by atoms with E-state index in [-0.39, 0.29) is 6.07 Å². The van der Waals surface area contributed by atoms with Gasteiger partial charge in [0.05, 0.1) is 33.4 Å². The second kappa shape index (κ2) is 12.4. The molecule has 0 aliphatic carbocycles. The molecule has 19 nitrogen and oxygen atoms in total. The summed E-state index contributed by atoms with van der Waals surface area (Å²) in [5.74, 6) is -11.1. The molecule has 5 N–H and O–H groups in total. The molecule has 0 heterocycles. The van der Waals surface area contributed by atoms with Gasteiger partial charge in [0.25, 0.3) is 10.1 Å². The number of benzene rings is 3. The van der Waals surface area contributed by atoms with E-state index < -0.39 is 114 Å². The highest BCUT2D eigenvalue weighted by Gasteiger charge is 2.31. The fourth-order valence-corrected chi connectivity index (χ4v) is 5.97. The molecule has 3 aromatic carbocycles. The smallest absolute Gasteiger partial charge is 0.355 e. The fourth-order valence-electron chi connectivity index (χ4n) is 3.40. The van der Waals surface area contributed by atoms with Gasteiger partial charge in [-0.2, -0.15) is 25.3 Å². The standard InChI is InChI=1S/C24H14O19S3/c25-19(26)11-3-12(20(27)28)6-15(5-11)45(38,39)42-23(33)10-1-2-17(18(9-10)44(35,36)37)24(34)43-46(40,41)16-7-13(21(29)30)4-14(8-16)22(31)32/h1-9H,(H,25,26)(H,27,28)(H,29,30)(H,31,32)(H,35,36,37). The van der Waals surface area contributed by atoms with Crippen molar-refractivity contribution in [3.8, 4) is 0 Å². The van der Waals surface area contributed by atoms with Crippen LogP contribution in [0.2, 0.25) is 0 Å². The second-order valence-electron chi connectivity index (χ2n) is 8.55. The van der Waals surface area contributed by atoms with Crippen LogP contribution in [0.1, 0.15) is 62.1 Å². The molecule has 0 aliphatic rings. The van der Waals surface area contributed by atoms with Crippen LogP contribution < -0.4 is 0 Å². The van der Waals surface area contributed by atoms with E-state index in [9.17, 15) is 58.6 Å². The number of hydrogen-bond acceptors (Lipinski definition) is 14. The van der Waals surface area contributed by atoms with E-state index in [1.54, 1.807) is 0 Å². The Hall–Kier alpha value is -5.71. The zero-order valence-electron chi connectivity index (χ0n) is 21.9. The summed E-state index contributed by atoms with van der Waals surface area (Å²) < 4.78 is 92.8. The molecule has 0 spiro atoms. The van der Waals surface area contributed by atoms with E-state index in [1.807, 2.05) is 0 Å². The molecule has 0 aliphatic heterocycles. The van der Waals surface area contributed by atoms with Gasteiger partial charge in [0.1, 0.15) is 14.7 Å². The summed E-state index contributed by atoms with van der Waals surface area (Å²) in [7, 11) is -16.3. The van der Waals surface area contributed by atoms with Crippen LogP contribution in [0.25, 0.3) is 0 Å². The summed E-state index contributed by atoms with van der Waals surface area (Å²) in [6.07, 6.45) is 0. The molecular formula is C24H14O19S3. The Morgan fingerprint density at radius 3 is 1.15 bits per heavy atom. The van der Waals surface area contributed by atoms with E-state index in [2.05, 4.69) is 8.37 Å². The van der Waals surface area contributed by atoms with E-state index in [1.165, 1.54) is 0 Å². The third-order valence-corrected chi connectivity index (χ3v) is 8.73. The largest absolute Gasteiger partial charge is 0.478 e. The molecule has 0 radical (unpaired) electrons. The predicted molar refractivity (Wildman–Crippen MR) is 142 cm³/mol. The summed E-state index contributed by atoms with van der Waals surface area (Å²) in [4.78, 5) is 66.6. The number of rotatable bonds is 11. The minimum atomic E-state index is -5.56. The maximum absolute atomic E-state index is 12.7. The van der Waals surface area contributed by atoms with Crippen molar-refractivity contribution in [3.63, 3.8) is 0 Å². The van der Waals surface area contributed by atoms with Gasteiger partial charge in [-0.05, 0) is 54.6 Å². The molecule has 242 valence electrons. The molecule has 22 heteroatoms. The lowest BCUT2D eigenvalue weighted by Crippen LogP contribution is -2.19. The van der Waals surface area contributed by atoms with Crippen LogP contribution in [-0.4, -0.2) is 86.0 Å². The van der Waals surface area contributed by atoms with E-state index in [0.29, 0.717) is 48.5 Å². The normalized spacial score (nSPS) is 11.7. The third-order valence-electron chi connectivity index (χ3n) is 5.46. The Labute approximate surface area is 255 Å². The van der Waals surface area contributed by atoms with Crippen LogP contribution in [0.15, 0.2) is 69.3 Å². The van der Waals surface area contributed by atoms with Crippen LogP contribution >= 0.6 is 0 Å². The van der Waals surface area contributed by atoms with Crippen molar-refractivity contribution in [2.75, 3.05) is 0 Å². The molecular weight excluding hydrogens is 688 g/mol. The van der Waals surface area contributed by atoms with Crippen LogP contribution in [-0.2, 0) is 38.7 Å². The molecule has 0 fully saturated rings. The Morgan fingerprint density at radius 2 is 0.826 bits per heavy atom. The highest BCUT2D eigenvalue weighted by Crippen LogP contribution is 2.25. The zero-order valence-corrected chi connectivity index (χ0v) is 24.3. The lowest BCUT2D eigenvalue weighted by molar-refractivity contribution is 0.0675. The van der Waals surface area contributed by atoms with Crippen molar-refractivity contribution in [2.45, 2.75) is 14.7 Å². The van der Waals surface area contributed by atoms with Crippen molar-refractivity contribution >= 4 is 66.2 Å². The molecule has 46 heavy (non-hydrogen) atoms. The SMILES string of the molecule is O=C(O)c1cc(C(=O)O)cc(S(=O)(=O)OC(=O)c2ccc(C(=O)OS(=O)(=O)c3cc(C(=O)O)cc(C(=O)O)c3)c(S(=O)(=O)O)c2)c1. The highest BCUT2D eigenvalue weighted by molar-refractivity contribution is 7.87. The molecule has 0 saturated heterocycles. The lowest BCUT2D eigenvalue weighted by atomic mass is 10.1. The first-order valence-corrected chi connectivity index (χ1v) is 15.6. The minimum Gasteiger partial charge on any atom is -0.478 e. The summed E-state index contributed by atoms with van der Waals surface area (Å²) in [5, 5.41) is 36.5. The average molecular weight is 703 g/mol. The van der Waals surface area contributed by atoms with Gasteiger partial charge in [-0.15, -0.1) is 0 Å². The average Bonchev–Trinajstić information content (AvgIpc) is 2.95. The van der Waals surface area contributed by atoms with E-state index in [0.717, 1.165) is 0 Å². The van der Waals surface area contributed by atoms with Crippen molar-refractivity contribution in [1.82, 2.24) is 0 Å². The molecule has 0 amide bonds. The molecule has 3 aromatic rings. The van der Waals surface area contributed by atoms with Gasteiger partial charge in [0, 0.05) is 0 Å². The van der Waals surface area contributed by atoms with Crippen LogP contribution in [0, 0.1) is 0 Å². The van der Waals surface area contributed by atoms with Gasteiger partial charge in [-0.3, -0.25) is 4.55 Å². The monoisotopic (exact) mass is 702 g/mol. The molecule has 0 saturated carbocycles. The van der Waals surface area contributed by atoms with Crippen molar-refractivity contribution in [3.05, 3.63) is 88.0 Å². The number of carbonyl (C=O) groups is 6. The summed E-state index contributed by atoms with van der Waals surface area (Å²) >= 11 is 0. The summed E-state index contributed by atoms with van der Waals surface area (Å²) in [6.45, 7) is 0. The van der Waals surface area contributed by atoms with Gasteiger partial charge in [0.2, 0.25) is 0 Å². The van der Waals surface area contributed by atoms with Gasteiger partial charge >= 0.3 is 56.1 Å². The second-order valence-corrected chi connectivity index (χ2v) is 13.0. The highest BCUT2D eigenvalue weighted by atomic mass is 32.2. The summed E-state index contributed by atoms with van der Waals surface area (Å²) in [5.41, 5.74) is -5.70. The minimum absolute atomic E-state index is 0.153. The Morgan fingerprint density at radius 1 is 0.478 bits per heavy atom. The molecule has 0 unspecified atom stereocenters. The molecule has 3 rings (SSSR count). The predicted octanol–water partition coefficient (Wildman–Crippen LogP) is 0.817. The van der Waals surface area contributed by atoms with Gasteiger partial charge in [-0.25, -0.2) is 28.8 Å².